The summed E-state index contributed by atoms with van der Waals surface area (Å²) in [5.74, 6) is 0.716. The molecule has 2 aliphatic heterocycles. The van der Waals surface area contributed by atoms with Crippen molar-refractivity contribution >= 4 is 33.5 Å². The van der Waals surface area contributed by atoms with Gasteiger partial charge in [-0.05, 0) is 45.4 Å². The van der Waals surface area contributed by atoms with Crippen molar-refractivity contribution in [3.63, 3.8) is 0 Å². The minimum absolute atomic E-state index is 0.117. The van der Waals surface area contributed by atoms with Crippen molar-refractivity contribution in [1.29, 1.82) is 0 Å². The van der Waals surface area contributed by atoms with Crippen molar-refractivity contribution in [2.24, 2.45) is 5.41 Å². The van der Waals surface area contributed by atoms with E-state index in [1.807, 2.05) is 32.9 Å². The van der Waals surface area contributed by atoms with Gasteiger partial charge in [-0.2, -0.15) is 13.2 Å². The Morgan fingerprint density at radius 2 is 1.97 bits per heavy atom. The smallest absolute Gasteiger partial charge is 0.418 e. The average molecular weight is 508 g/mol. The molecule has 0 radical (unpaired) electrons. The highest BCUT2D eigenvalue weighted by atomic mass is 32.1. The first-order valence-electron chi connectivity index (χ1n) is 11.6. The number of carbonyl (C=O) groups is 1. The summed E-state index contributed by atoms with van der Waals surface area (Å²) in [5, 5.41) is 0.695. The van der Waals surface area contributed by atoms with Crippen LogP contribution in [-0.2, 0) is 17.7 Å². The molecule has 0 aromatic carbocycles. The molecule has 35 heavy (non-hydrogen) atoms. The number of thiophene rings is 1. The fourth-order valence-corrected chi connectivity index (χ4v) is 6.10. The molecule has 0 aliphatic carbocycles. The van der Waals surface area contributed by atoms with Crippen LogP contribution in [0.2, 0.25) is 0 Å². The summed E-state index contributed by atoms with van der Waals surface area (Å²) in [6.07, 6.45) is -1.42. The van der Waals surface area contributed by atoms with E-state index in [9.17, 15) is 18.0 Å². The number of fused-ring (bicyclic) bond motifs is 1. The second-order valence-corrected chi connectivity index (χ2v) is 11.7. The molecule has 2 fully saturated rings. The van der Waals surface area contributed by atoms with Gasteiger partial charge in [0.25, 0.3) is 0 Å². The summed E-state index contributed by atoms with van der Waals surface area (Å²) >= 11 is 1.08. The van der Waals surface area contributed by atoms with Crippen molar-refractivity contribution in [3.8, 4) is 0 Å². The van der Waals surface area contributed by atoms with Gasteiger partial charge in [-0.15, -0.1) is 11.3 Å². The van der Waals surface area contributed by atoms with Gasteiger partial charge >= 0.3 is 12.3 Å². The third kappa shape index (κ3) is 5.16. The molecule has 2 saturated heterocycles. The number of hydrogen-bond acceptors (Lipinski definition) is 7. The Balaban J connectivity index is 1.23. The first-order chi connectivity index (χ1) is 16.4. The van der Waals surface area contributed by atoms with E-state index in [4.69, 9.17) is 4.74 Å². The molecule has 11 heteroatoms. The Hall–Kier alpha value is -2.66. The highest BCUT2D eigenvalue weighted by molar-refractivity contribution is 7.18. The number of anilines is 1. The summed E-state index contributed by atoms with van der Waals surface area (Å²) in [5.41, 5.74) is 0.442. The Bertz CT molecular complexity index is 1240. The van der Waals surface area contributed by atoms with Gasteiger partial charge in [0, 0.05) is 54.9 Å². The molecular weight excluding hydrogens is 479 g/mol. The van der Waals surface area contributed by atoms with Crippen molar-refractivity contribution in [2.75, 3.05) is 31.1 Å². The molecular formula is C24H28F3N5O2S. The molecule has 0 unspecified atom stereocenters. The van der Waals surface area contributed by atoms with Crippen LogP contribution in [0.25, 0.3) is 10.2 Å². The SMILES string of the molecule is CC(C)(C)OC(=O)n1cccc1CN1CC2(CCN(c3ncnc4sc(CC(F)(F)F)cc34)C2)C1. The molecule has 0 N–H and O–H groups in total. The zero-order chi connectivity index (χ0) is 25.0. The van der Waals surface area contributed by atoms with E-state index in [1.54, 1.807) is 16.8 Å². The minimum atomic E-state index is -4.25. The molecule has 3 aromatic rings. The van der Waals surface area contributed by atoms with Gasteiger partial charge in [0.2, 0.25) is 0 Å². The lowest BCUT2D eigenvalue weighted by atomic mass is 9.79. The van der Waals surface area contributed by atoms with E-state index < -0.39 is 18.2 Å². The standard InChI is InChI=1S/C24H28F3N5O2S/c1-22(2,3)34-21(33)32-7-4-5-16(32)11-30-12-23(13-30)6-8-31(14-23)19-18-9-17(10-24(25,26)27)35-20(18)29-15-28-19/h4-5,7,9,15H,6,8,10-14H2,1-3H3. The van der Waals surface area contributed by atoms with Gasteiger partial charge in [0.1, 0.15) is 22.6 Å². The predicted octanol–water partition coefficient (Wildman–Crippen LogP) is 5.09. The second kappa shape index (κ2) is 8.48. The lowest BCUT2D eigenvalue weighted by Gasteiger charge is -2.48. The Kier molecular flexibility index (Phi) is 5.83. The van der Waals surface area contributed by atoms with Gasteiger partial charge in [-0.3, -0.25) is 9.47 Å². The monoisotopic (exact) mass is 507 g/mol. The molecule has 5 rings (SSSR count). The van der Waals surface area contributed by atoms with Crippen molar-refractivity contribution in [3.05, 3.63) is 41.3 Å². The quantitative estimate of drug-likeness (QED) is 0.490. The maximum atomic E-state index is 12.9. The molecule has 5 heterocycles. The fraction of sp³-hybridized carbons (Fsp3) is 0.542. The van der Waals surface area contributed by atoms with Gasteiger partial charge in [0.15, 0.2) is 0 Å². The number of halogens is 3. The molecule has 0 amide bonds. The van der Waals surface area contributed by atoms with Gasteiger partial charge in [-0.1, -0.05) is 0 Å². The number of nitrogens with zero attached hydrogens (tertiary/aromatic N) is 5. The lowest BCUT2D eigenvalue weighted by molar-refractivity contribution is -0.126. The van der Waals surface area contributed by atoms with Crippen LogP contribution in [0.4, 0.5) is 23.8 Å². The number of ether oxygens (including phenoxy) is 1. The maximum Gasteiger partial charge on any atom is 0.418 e. The summed E-state index contributed by atoms with van der Waals surface area (Å²) in [6.45, 7) is 9.57. The van der Waals surface area contributed by atoms with E-state index in [2.05, 4.69) is 19.8 Å². The molecule has 0 saturated carbocycles. The van der Waals surface area contributed by atoms with E-state index in [-0.39, 0.29) is 16.4 Å². The molecule has 3 aromatic heterocycles. The first kappa shape index (κ1) is 24.1. The number of rotatable bonds is 4. The number of hydrogen-bond donors (Lipinski definition) is 0. The Morgan fingerprint density at radius 3 is 2.69 bits per heavy atom. The van der Waals surface area contributed by atoms with Gasteiger partial charge in [0.05, 0.1) is 11.8 Å². The van der Waals surface area contributed by atoms with Crippen LogP contribution < -0.4 is 4.90 Å². The maximum absolute atomic E-state index is 12.9. The summed E-state index contributed by atoms with van der Waals surface area (Å²) in [4.78, 5) is 26.5. The third-order valence-electron chi connectivity index (χ3n) is 6.40. The molecule has 0 bridgehead atoms. The van der Waals surface area contributed by atoms with E-state index in [1.165, 1.54) is 6.33 Å². The van der Waals surface area contributed by atoms with Crippen LogP contribution in [0.5, 0.6) is 0 Å². The minimum Gasteiger partial charge on any atom is -0.443 e. The second-order valence-electron chi connectivity index (χ2n) is 10.6. The zero-order valence-corrected chi connectivity index (χ0v) is 20.7. The number of aromatic nitrogens is 3. The first-order valence-corrected chi connectivity index (χ1v) is 12.4. The highest BCUT2D eigenvalue weighted by Crippen LogP contribution is 2.43. The Morgan fingerprint density at radius 1 is 1.20 bits per heavy atom. The number of carbonyl (C=O) groups excluding carboxylic acids is 1. The summed E-state index contributed by atoms with van der Waals surface area (Å²) in [6, 6.07) is 5.37. The topological polar surface area (TPSA) is 63.5 Å². The van der Waals surface area contributed by atoms with Crippen LogP contribution in [0.15, 0.2) is 30.7 Å². The largest absolute Gasteiger partial charge is 0.443 e. The number of alkyl halides is 3. The van der Waals surface area contributed by atoms with Crippen LogP contribution in [0.3, 0.4) is 0 Å². The van der Waals surface area contributed by atoms with Gasteiger partial charge < -0.3 is 9.64 Å². The van der Waals surface area contributed by atoms with E-state index in [0.29, 0.717) is 22.6 Å². The zero-order valence-electron chi connectivity index (χ0n) is 19.9. The van der Waals surface area contributed by atoms with Crippen LogP contribution in [-0.4, -0.2) is 63.5 Å². The van der Waals surface area contributed by atoms with Crippen molar-refractivity contribution in [2.45, 2.75) is 51.9 Å². The molecule has 0 atom stereocenters. The number of likely N-dealkylation sites (tertiary alicyclic amines) is 1. The third-order valence-corrected chi connectivity index (χ3v) is 7.44. The van der Waals surface area contributed by atoms with Crippen LogP contribution in [0.1, 0.15) is 37.8 Å². The van der Waals surface area contributed by atoms with Crippen LogP contribution in [0, 0.1) is 5.41 Å². The Labute approximate surface area is 205 Å². The predicted molar refractivity (Wildman–Crippen MR) is 128 cm³/mol. The van der Waals surface area contributed by atoms with E-state index in [0.717, 1.165) is 49.6 Å². The normalized spacial score (nSPS) is 18.4. The average Bonchev–Trinajstić information content (AvgIpc) is 3.42. The molecule has 1 spiro atoms. The lowest BCUT2D eigenvalue weighted by Crippen LogP contribution is -2.57. The van der Waals surface area contributed by atoms with Crippen LogP contribution >= 0.6 is 11.3 Å². The summed E-state index contributed by atoms with van der Waals surface area (Å²) in [7, 11) is 0. The molecule has 7 nitrogen and oxygen atoms in total. The fourth-order valence-electron chi connectivity index (χ4n) is 5.08. The van der Waals surface area contributed by atoms with E-state index >= 15 is 0 Å². The highest BCUT2D eigenvalue weighted by Gasteiger charge is 2.48. The molecule has 2 aliphatic rings. The summed E-state index contributed by atoms with van der Waals surface area (Å²) < 4.78 is 45.7. The molecule has 188 valence electrons. The van der Waals surface area contributed by atoms with Crippen molar-refractivity contribution < 1.29 is 22.7 Å². The van der Waals surface area contributed by atoms with Crippen molar-refractivity contribution in [1.82, 2.24) is 19.4 Å². The van der Waals surface area contributed by atoms with Gasteiger partial charge in [-0.25, -0.2) is 14.8 Å².